The maximum Gasteiger partial charge on any atom is 0.305 e. The van der Waals surface area contributed by atoms with Crippen LogP contribution in [0.15, 0.2) is 54.6 Å². The van der Waals surface area contributed by atoms with Crippen LogP contribution in [0.25, 0.3) is 28.1 Å². The molecule has 6 nitrogen and oxygen atoms in total. The van der Waals surface area contributed by atoms with Crippen LogP contribution in [-0.4, -0.2) is 52.6 Å². The number of para-hydroxylation sites is 1. The summed E-state index contributed by atoms with van der Waals surface area (Å²) in [4.78, 5) is 17.3. The molecule has 1 heterocycles. The van der Waals surface area contributed by atoms with Gasteiger partial charge in [-0.15, -0.1) is 0 Å². The number of pyridine rings is 1. The summed E-state index contributed by atoms with van der Waals surface area (Å²) in [6, 6.07) is 13.8. The molecule has 2 atom stereocenters. The van der Waals surface area contributed by atoms with Gasteiger partial charge in [0.15, 0.2) is 0 Å². The Kier molecular flexibility index (Phi) is 6.99. The predicted molar refractivity (Wildman–Crippen MR) is 119 cm³/mol. The van der Waals surface area contributed by atoms with Crippen LogP contribution in [0.4, 0.5) is 10.2 Å². The Bertz CT molecular complexity index is 1100. The van der Waals surface area contributed by atoms with Crippen molar-refractivity contribution in [2.45, 2.75) is 25.0 Å². The molecule has 7 heteroatoms. The van der Waals surface area contributed by atoms with Crippen LogP contribution in [0.3, 0.4) is 0 Å². The second kappa shape index (κ2) is 9.68. The number of halogens is 1. The summed E-state index contributed by atoms with van der Waals surface area (Å²) in [5, 5.41) is 29.8. The average Bonchev–Trinajstić information content (AvgIpc) is 2.71. The molecule has 3 rings (SSSR count). The number of carboxylic acid groups (broad SMARTS) is 1. The summed E-state index contributed by atoms with van der Waals surface area (Å²) >= 11 is 0. The molecule has 0 aliphatic heterocycles. The lowest BCUT2D eigenvalue weighted by Crippen LogP contribution is -2.19. The smallest absolute Gasteiger partial charge is 0.305 e. The van der Waals surface area contributed by atoms with E-state index in [1.807, 2.05) is 43.3 Å². The van der Waals surface area contributed by atoms with Crippen LogP contribution in [0.1, 0.15) is 18.4 Å². The van der Waals surface area contributed by atoms with Crippen molar-refractivity contribution in [3.63, 3.8) is 0 Å². The largest absolute Gasteiger partial charge is 0.481 e. The molecule has 0 saturated heterocycles. The zero-order valence-electron chi connectivity index (χ0n) is 17.4. The molecule has 0 radical (unpaired) electrons. The van der Waals surface area contributed by atoms with Gasteiger partial charge in [0.25, 0.3) is 0 Å². The van der Waals surface area contributed by atoms with Crippen molar-refractivity contribution >= 4 is 28.8 Å². The maximum absolute atomic E-state index is 13.6. The first-order valence-corrected chi connectivity index (χ1v) is 9.88. The highest BCUT2D eigenvalue weighted by molar-refractivity contribution is 6.01. The van der Waals surface area contributed by atoms with Gasteiger partial charge in [-0.05, 0) is 23.8 Å². The lowest BCUT2D eigenvalue weighted by Gasteiger charge is -2.20. The number of hydrogen-bond acceptors (Lipinski definition) is 5. The lowest BCUT2D eigenvalue weighted by molar-refractivity contribution is -0.139. The van der Waals surface area contributed by atoms with Crippen molar-refractivity contribution in [2.24, 2.45) is 0 Å². The maximum atomic E-state index is 13.6. The summed E-state index contributed by atoms with van der Waals surface area (Å²) in [5.74, 6) is -0.807. The van der Waals surface area contributed by atoms with Gasteiger partial charge >= 0.3 is 5.97 Å². The molecular weight excluding hydrogens is 399 g/mol. The zero-order valence-corrected chi connectivity index (χ0v) is 17.4. The van der Waals surface area contributed by atoms with E-state index in [2.05, 4.69) is 0 Å². The fourth-order valence-corrected chi connectivity index (χ4v) is 3.49. The van der Waals surface area contributed by atoms with E-state index >= 15 is 0 Å². The van der Waals surface area contributed by atoms with Gasteiger partial charge in [0.05, 0.1) is 24.1 Å². The molecule has 0 aliphatic rings. The number of nitrogens with zero attached hydrogens (tertiary/aromatic N) is 2. The Labute approximate surface area is 179 Å². The van der Waals surface area contributed by atoms with Crippen LogP contribution in [0.5, 0.6) is 0 Å². The second-order valence-electron chi connectivity index (χ2n) is 7.56. The van der Waals surface area contributed by atoms with E-state index in [1.165, 1.54) is 18.2 Å². The number of carboxylic acids is 1. The molecule has 31 heavy (non-hydrogen) atoms. The number of carbonyl (C=O) groups is 1. The second-order valence-corrected chi connectivity index (χ2v) is 7.56. The minimum Gasteiger partial charge on any atom is -0.481 e. The van der Waals surface area contributed by atoms with Crippen molar-refractivity contribution < 1.29 is 24.5 Å². The van der Waals surface area contributed by atoms with Gasteiger partial charge in [0.1, 0.15) is 11.6 Å². The van der Waals surface area contributed by atoms with E-state index in [0.717, 1.165) is 27.6 Å². The number of aliphatic hydroxyl groups is 2. The molecule has 0 spiro atoms. The highest BCUT2D eigenvalue weighted by Crippen LogP contribution is 2.37. The lowest BCUT2D eigenvalue weighted by atomic mass is 9.94. The monoisotopic (exact) mass is 424 g/mol. The number of aromatic nitrogens is 1. The Morgan fingerprint density at radius 2 is 1.81 bits per heavy atom. The highest BCUT2D eigenvalue weighted by atomic mass is 19.1. The fourth-order valence-electron chi connectivity index (χ4n) is 3.49. The quantitative estimate of drug-likeness (QED) is 0.510. The van der Waals surface area contributed by atoms with Crippen molar-refractivity contribution in [3.8, 4) is 11.1 Å². The molecule has 0 aliphatic carbocycles. The third-order valence-corrected chi connectivity index (χ3v) is 4.88. The van der Waals surface area contributed by atoms with Crippen molar-refractivity contribution in [1.29, 1.82) is 0 Å². The Morgan fingerprint density at radius 1 is 1.13 bits per heavy atom. The first-order valence-electron chi connectivity index (χ1n) is 9.88. The number of aliphatic hydroxyl groups excluding tert-OH is 2. The minimum absolute atomic E-state index is 0.104. The summed E-state index contributed by atoms with van der Waals surface area (Å²) in [7, 11) is 3.71. The van der Waals surface area contributed by atoms with E-state index in [1.54, 1.807) is 18.2 Å². The third-order valence-electron chi connectivity index (χ3n) is 4.88. The summed E-state index contributed by atoms with van der Waals surface area (Å²) in [5.41, 5.74) is 3.13. The van der Waals surface area contributed by atoms with E-state index in [4.69, 9.17) is 10.1 Å². The summed E-state index contributed by atoms with van der Waals surface area (Å²) in [6.07, 6.45) is 0.482. The first-order chi connectivity index (χ1) is 14.8. The first kappa shape index (κ1) is 22.4. The Morgan fingerprint density at radius 3 is 2.45 bits per heavy atom. The van der Waals surface area contributed by atoms with Gasteiger partial charge in [0, 0.05) is 37.0 Å². The fraction of sp³-hybridized carbons (Fsp3) is 0.250. The molecule has 0 amide bonds. The number of benzene rings is 2. The van der Waals surface area contributed by atoms with Crippen LogP contribution >= 0.6 is 0 Å². The number of hydrogen-bond donors (Lipinski definition) is 3. The van der Waals surface area contributed by atoms with Gasteiger partial charge < -0.3 is 20.2 Å². The molecule has 0 saturated carbocycles. The standard InChI is InChI=1S/C24H25FN2O4/c1-27(2)24-20(12-11-17(28)13-18(29)14-22(30)31)23(15-7-9-16(25)10-8-15)19-5-3-4-6-21(19)26-24/h3-12,17-18,28-29H,13-14H2,1-2H3,(H,30,31)/b12-11+. The van der Waals surface area contributed by atoms with Crippen LogP contribution < -0.4 is 4.90 Å². The number of aliphatic carboxylic acids is 1. The molecular formula is C24H25FN2O4. The third kappa shape index (κ3) is 5.45. The Balaban J connectivity index is 2.12. The zero-order chi connectivity index (χ0) is 22.5. The molecule has 1 aromatic heterocycles. The normalized spacial score (nSPS) is 13.5. The van der Waals surface area contributed by atoms with Gasteiger partial charge in [-0.3, -0.25) is 4.79 Å². The van der Waals surface area contributed by atoms with Crippen LogP contribution in [0, 0.1) is 5.82 Å². The molecule has 162 valence electrons. The summed E-state index contributed by atoms with van der Waals surface area (Å²) in [6.45, 7) is 0. The molecule has 2 aromatic carbocycles. The van der Waals surface area contributed by atoms with E-state index < -0.39 is 24.6 Å². The minimum atomic E-state index is -1.16. The number of rotatable bonds is 8. The molecule has 3 aromatic rings. The van der Waals surface area contributed by atoms with E-state index in [-0.39, 0.29) is 12.2 Å². The highest BCUT2D eigenvalue weighted by Gasteiger charge is 2.18. The molecule has 0 fully saturated rings. The van der Waals surface area contributed by atoms with Gasteiger partial charge in [0.2, 0.25) is 0 Å². The van der Waals surface area contributed by atoms with E-state index in [9.17, 15) is 19.4 Å². The number of fused-ring (bicyclic) bond motifs is 1. The van der Waals surface area contributed by atoms with Crippen molar-refractivity contribution in [2.75, 3.05) is 19.0 Å². The topological polar surface area (TPSA) is 93.9 Å². The molecule has 0 bridgehead atoms. The summed E-state index contributed by atoms with van der Waals surface area (Å²) < 4.78 is 13.6. The van der Waals surface area contributed by atoms with Crippen molar-refractivity contribution in [1.82, 2.24) is 4.98 Å². The SMILES string of the molecule is CN(C)c1nc2ccccc2c(-c2ccc(F)cc2)c1/C=C/C(O)CC(O)CC(=O)O. The van der Waals surface area contributed by atoms with Gasteiger partial charge in [-0.1, -0.05) is 42.5 Å². The average molecular weight is 424 g/mol. The predicted octanol–water partition coefficient (Wildman–Crippen LogP) is 3.71. The molecule has 2 unspecified atom stereocenters. The van der Waals surface area contributed by atoms with Crippen molar-refractivity contribution in [3.05, 3.63) is 66.0 Å². The van der Waals surface area contributed by atoms with Crippen LogP contribution in [0.2, 0.25) is 0 Å². The Hall–Kier alpha value is -3.29. The van der Waals surface area contributed by atoms with Gasteiger partial charge in [-0.2, -0.15) is 0 Å². The van der Waals surface area contributed by atoms with Gasteiger partial charge in [-0.25, -0.2) is 9.37 Å². The van der Waals surface area contributed by atoms with Crippen LogP contribution in [-0.2, 0) is 4.79 Å². The number of anilines is 1. The van der Waals surface area contributed by atoms with E-state index in [0.29, 0.717) is 5.82 Å². The molecule has 3 N–H and O–H groups in total.